The molecule has 100 valence electrons. The maximum atomic E-state index is 11.8. The third-order valence-corrected chi connectivity index (χ3v) is 4.08. The molecule has 0 aliphatic rings. The number of hydrogen-bond acceptors (Lipinski definition) is 4. The van der Waals surface area contributed by atoms with E-state index in [1.807, 2.05) is 36.6 Å². The number of nitrogens with two attached hydrogens (primary N) is 1. The Balaban J connectivity index is 2.44. The predicted octanol–water partition coefficient (Wildman–Crippen LogP) is 1.98. The van der Waals surface area contributed by atoms with E-state index in [2.05, 4.69) is 4.98 Å². The van der Waals surface area contributed by atoms with Crippen LogP contribution in [0.3, 0.4) is 0 Å². The molecule has 3 N–H and O–H groups in total. The Kier molecular flexibility index (Phi) is 3.97. The molecule has 1 aromatic carbocycles. The van der Waals surface area contributed by atoms with Gasteiger partial charge in [-0.3, -0.25) is 4.79 Å². The van der Waals surface area contributed by atoms with Gasteiger partial charge in [-0.15, -0.1) is 11.3 Å². The molecule has 0 aliphatic heterocycles. The van der Waals surface area contributed by atoms with Crippen molar-refractivity contribution in [3.8, 4) is 0 Å². The van der Waals surface area contributed by atoms with Crippen LogP contribution in [0.1, 0.15) is 16.1 Å². The molecule has 0 radical (unpaired) electrons. The van der Waals surface area contributed by atoms with Crippen molar-refractivity contribution < 1.29 is 9.90 Å². The lowest BCUT2D eigenvalue weighted by Crippen LogP contribution is -2.45. The van der Waals surface area contributed by atoms with E-state index in [1.165, 1.54) is 11.3 Å². The molecule has 19 heavy (non-hydrogen) atoms. The van der Waals surface area contributed by atoms with E-state index < -0.39 is 11.4 Å². The average Bonchev–Trinajstić information content (AvgIpc) is 2.89. The van der Waals surface area contributed by atoms with Crippen LogP contribution >= 0.6 is 11.3 Å². The zero-order valence-electron chi connectivity index (χ0n) is 10.7. The van der Waals surface area contributed by atoms with Gasteiger partial charge in [0.1, 0.15) is 5.41 Å². The van der Waals surface area contributed by atoms with Gasteiger partial charge in [-0.1, -0.05) is 29.8 Å². The van der Waals surface area contributed by atoms with E-state index in [4.69, 9.17) is 5.73 Å². The number of carboxylic acids is 1. The van der Waals surface area contributed by atoms with E-state index in [1.54, 1.807) is 6.20 Å². The van der Waals surface area contributed by atoms with Gasteiger partial charge in [-0.25, -0.2) is 4.98 Å². The maximum absolute atomic E-state index is 11.8. The third-order valence-electron chi connectivity index (χ3n) is 3.30. The maximum Gasteiger partial charge on any atom is 0.315 e. The molecule has 4 nitrogen and oxygen atoms in total. The molecule has 0 aliphatic carbocycles. The van der Waals surface area contributed by atoms with Gasteiger partial charge in [-0.2, -0.15) is 0 Å². The van der Waals surface area contributed by atoms with Crippen molar-refractivity contribution in [2.45, 2.75) is 18.8 Å². The van der Waals surface area contributed by atoms with Crippen molar-refractivity contribution in [3.05, 3.63) is 52.0 Å². The standard InChI is InChI=1S/C14H16N2O2S/c1-10-2-4-11(5-3-10)14(9-15,13(17)18)8-12-16-6-7-19-12/h2-7H,8-9,15H2,1H3,(H,17,18). The van der Waals surface area contributed by atoms with Crippen LogP contribution in [0.2, 0.25) is 0 Å². The number of carbonyl (C=O) groups is 1. The van der Waals surface area contributed by atoms with Gasteiger partial charge in [0.25, 0.3) is 0 Å². The summed E-state index contributed by atoms with van der Waals surface area (Å²) in [6, 6.07) is 7.49. The average molecular weight is 276 g/mol. The molecule has 2 aromatic rings. The molecule has 1 unspecified atom stereocenters. The monoisotopic (exact) mass is 276 g/mol. The lowest BCUT2D eigenvalue weighted by Gasteiger charge is -2.27. The number of thiazole rings is 1. The van der Waals surface area contributed by atoms with Crippen molar-refractivity contribution in [2.24, 2.45) is 5.73 Å². The van der Waals surface area contributed by atoms with Crippen LogP contribution < -0.4 is 5.73 Å². The number of aryl methyl sites for hydroxylation is 1. The fourth-order valence-electron chi connectivity index (χ4n) is 2.05. The molecular formula is C14H16N2O2S. The highest BCUT2D eigenvalue weighted by Gasteiger charge is 2.40. The molecule has 0 fully saturated rings. The molecule has 0 spiro atoms. The SMILES string of the molecule is Cc1ccc(C(CN)(Cc2nccs2)C(=O)O)cc1. The Labute approximate surface area is 115 Å². The quantitative estimate of drug-likeness (QED) is 0.875. The molecule has 1 aromatic heterocycles. The van der Waals surface area contributed by atoms with Gasteiger partial charge < -0.3 is 10.8 Å². The zero-order valence-corrected chi connectivity index (χ0v) is 11.5. The van der Waals surface area contributed by atoms with E-state index in [0.29, 0.717) is 6.42 Å². The van der Waals surface area contributed by atoms with Crippen LogP contribution in [-0.2, 0) is 16.6 Å². The molecule has 0 saturated carbocycles. The summed E-state index contributed by atoms with van der Waals surface area (Å²) >= 11 is 1.45. The summed E-state index contributed by atoms with van der Waals surface area (Å²) in [4.78, 5) is 15.9. The first kappa shape index (κ1) is 13.7. The minimum absolute atomic E-state index is 0.0466. The van der Waals surface area contributed by atoms with Crippen molar-refractivity contribution in [1.82, 2.24) is 4.98 Å². The second-order valence-corrected chi connectivity index (χ2v) is 5.54. The molecule has 0 amide bonds. The summed E-state index contributed by atoms with van der Waals surface area (Å²) in [7, 11) is 0. The molecular weight excluding hydrogens is 260 g/mol. The third kappa shape index (κ3) is 2.67. The van der Waals surface area contributed by atoms with Gasteiger partial charge in [0.2, 0.25) is 0 Å². The minimum Gasteiger partial charge on any atom is -0.481 e. The minimum atomic E-state index is -1.11. The molecule has 1 heterocycles. The summed E-state index contributed by atoms with van der Waals surface area (Å²) in [5.74, 6) is -0.908. The van der Waals surface area contributed by atoms with Crippen LogP contribution in [0.4, 0.5) is 0 Å². The number of hydrogen-bond donors (Lipinski definition) is 2. The first-order valence-corrected chi connectivity index (χ1v) is 6.85. The van der Waals surface area contributed by atoms with Gasteiger partial charge >= 0.3 is 5.97 Å². The number of benzene rings is 1. The highest BCUT2D eigenvalue weighted by molar-refractivity contribution is 7.09. The number of carboxylic acid groups (broad SMARTS) is 1. The van der Waals surface area contributed by atoms with Crippen LogP contribution in [-0.4, -0.2) is 22.6 Å². The highest BCUT2D eigenvalue weighted by atomic mass is 32.1. The van der Waals surface area contributed by atoms with E-state index in [0.717, 1.165) is 16.1 Å². The smallest absolute Gasteiger partial charge is 0.315 e. The van der Waals surface area contributed by atoms with E-state index >= 15 is 0 Å². The topological polar surface area (TPSA) is 76.2 Å². The summed E-state index contributed by atoms with van der Waals surface area (Å²) < 4.78 is 0. The van der Waals surface area contributed by atoms with Crippen molar-refractivity contribution >= 4 is 17.3 Å². The molecule has 1 atom stereocenters. The van der Waals surface area contributed by atoms with Gasteiger partial charge in [-0.05, 0) is 12.5 Å². The van der Waals surface area contributed by atoms with Gasteiger partial charge in [0, 0.05) is 24.5 Å². The predicted molar refractivity (Wildman–Crippen MR) is 75.4 cm³/mol. The van der Waals surface area contributed by atoms with Crippen molar-refractivity contribution in [3.63, 3.8) is 0 Å². The van der Waals surface area contributed by atoms with E-state index in [-0.39, 0.29) is 6.54 Å². The zero-order chi connectivity index (χ0) is 13.9. The Hall–Kier alpha value is -1.72. The summed E-state index contributed by atoms with van der Waals surface area (Å²) in [6.45, 7) is 2.01. The van der Waals surface area contributed by atoms with Crippen LogP contribution in [0.25, 0.3) is 0 Å². The van der Waals surface area contributed by atoms with Crippen LogP contribution in [0.5, 0.6) is 0 Å². The van der Waals surface area contributed by atoms with Gasteiger partial charge in [0.15, 0.2) is 0 Å². The molecule has 0 bridgehead atoms. The fourth-order valence-corrected chi connectivity index (χ4v) is 2.78. The largest absolute Gasteiger partial charge is 0.481 e. The number of aliphatic carboxylic acids is 1. The highest BCUT2D eigenvalue weighted by Crippen LogP contribution is 2.29. The lowest BCUT2D eigenvalue weighted by molar-refractivity contribution is -0.143. The normalized spacial score (nSPS) is 14.0. The molecule has 0 saturated heterocycles. The summed E-state index contributed by atoms with van der Waals surface area (Å²) in [5.41, 5.74) is 6.50. The first-order valence-electron chi connectivity index (χ1n) is 5.97. The Morgan fingerprint density at radius 2 is 2.11 bits per heavy atom. The van der Waals surface area contributed by atoms with E-state index in [9.17, 15) is 9.90 Å². The lowest BCUT2D eigenvalue weighted by atomic mass is 9.77. The Morgan fingerprint density at radius 1 is 1.42 bits per heavy atom. The van der Waals surface area contributed by atoms with Gasteiger partial charge in [0.05, 0.1) is 5.01 Å². The van der Waals surface area contributed by atoms with Crippen LogP contribution in [0, 0.1) is 6.92 Å². The van der Waals surface area contributed by atoms with Crippen molar-refractivity contribution in [1.29, 1.82) is 0 Å². The second kappa shape index (κ2) is 5.50. The number of aromatic nitrogens is 1. The van der Waals surface area contributed by atoms with Crippen LogP contribution in [0.15, 0.2) is 35.8 Å². The fraction of sp³-hybridized carbons (Fsp3) is 0.286. The summed E-state index contributed by atoms with van der Waals surface area (Å²) in [5, 5.41) is 12.3. The Bertz CT molecular complexity index is 551. The number of nitrogens with zero attached hydrogens (tertiary/aromatic N) is 1. The second-order valence-electron chi connectivity index (χ2n) is 4.56. The van der Waals surface area contributed by atoms with Crippen molar-refractivity contribution in [2.75, 3.05) is 6.54 Å². The summed E-state index contributed by atoms with van der Waals surface area (Å²) in [6.07, 6.45) is 2.00. The first-order chi connectivity index (χ1) is 9.08. The Morgan fingerprint density at radius 3 is 2.58 bits per heavy atom. The molecule has 5 heteroatoms. The molecule has 2 rings (SSSR count). The number of rotatable bonds is 5.